The van der Waals surface area contributed by atoms with E-state index in [-0.39, 0.29) is 17.2 Å². The van der Waals surface area contributed by atoms with E-state index in [1.54, 1.807) is 12.1 Å². The second-order valence-electron chi connectivity index (χ2n) is 5.51. The monoisotopic (exact) mass is 293 g/mol. The predicted molar refractivity (Wildman–Crippen MR) is 81.7 cm³/mol. The zero-order chi connectivity index (χ0) is 14.8. The molecule has 0 unspecified atom stereocenters. The Morgan fingerprint density at radius 1 is 1.45 bits per heavy atom. The molecule has 0 bridgehead atoms. The first-order valence-electron chi connectivity index (χ1n) is 6.75. The van der Waals surface area contributed by atoms with E-state index in [1.807, 2.05) is 0 Å². The SMILES string of the molecule is CC1CCC(NC(=O)c2cccc(=O)[nH]2)(C(N)=S)CC1. The van der Waals surface area contributed by atoms with Crippen LogP contribution in [0.4, 0.5) is 0 Å². The Morgan fingerprint density at radius 3 is 2.65 bits per heavy atom. The van der Waals surface area contributed by atoms with Crippen LogP contribution in [0.2, 0.25) is 0 Å². The van der Waals surface area contributed by atoms with Gasteiger partial charge in [-0.3, -0.25) is 9.59 Å². The number of hydrogen-bond donors (Lipinski definition) is 3. The number of pyridine rings is 1. The summed E-state index contributed by atoms with van der Waals surface area (Å²) in [6, 6.07) is 4.47. The summed E-state index contributed by atoms with van der Waals surface area (Å²) in [7, 11) is 0. The number of carbonyl (C=O) groups is 1. The van der Waals surface area contributed by atoms with Crippen molar-refractivity contribution in [3.63, 3.8) is 0 Å². The molecular weight excluding hydrogens is 274 g/mol. The number of amides is 1. The minimum absolute atomic E-state index is 0.228. The molecule has 0 radical (unpaired) electrons. The van der Waals surface area contributed by atoms with Gasteiger partial charge in [-0.15, -0.1) is 0 Å². The fraction of sp³-hybridized carbons (Fsp3) is 0.500. The van der Waals surface area contributed by atoms with Gasteiger partial charge in [-0.1, -0.05) is 25.2 Å². The molecular formula is C14H19N3O2S. The van der Waals surface area contributed by atoms with Crippen LogP contribution in [0.1, 0.15) is 43.1 Å². The highest BCUT2D eigenvalue weighted by Crippen LogP contribution is 2.32. The molecule has 2 rings (SSSR count). The topological polar surface area (TPSA) is 88.0 Å². The minimum Gasteiger partial charge on any atom is -0.391 e. The number of rotatable bonds is 3. The van der Waals surface area contributed by atoms with Gasteiger partial charge in [0.2, 0.25) is 5.56 Å². The van der Waals surface area contributed by atoms with Gasteiger partial charge in [-0.05, 0) is 37.7 Å². The first-order chi connectivity index (χ1) is 9.43. The number of carbonyl (C=O) groups excluding carboxylic acids is 1. The van der Waals surface area contributed by atoms with E-state index in [0.717, 1.165) is 25.7 Å². The van der Waals surface area contributed by atoms with E-state index in [4.69, 9.17) is 18.0 Å². The number of thiocarbonyl (C=S) groups is 1. The van der Waals surface area contributed by atoms with Gasteiger partial charge in [0.05, 0.1) is 10.5 Å². The molecule has 4 N–H and O–H groups in total. The van der Waals surface area contributed by atoms with Crippen molar-refractivity contribution in [3.8, 4) is 0 Å². The Labute approximate surface area is 123 Å². The van der Waals surface area contributed by atoms with Gasteiger partial charge in [0.1, 0.15) is 5.69 Å². The van der Waals surface area contributed by atoms with Gasteiger partial charge in [0.15, 0.2) is 0 Å². The summed E-state index contributed by atoms with van der Waals surface area (Å²) >= 11 is 5.15. The smallest absolute Gasteiger partial charge is 0.268 e. The lowest BCUT2D eigenvalue weighted by Gasteiger charge is -2.39. The average molecular weight is 293 g/mol. The molecule has 108 valence electrons. The Hall–Kier alpha value is -1.69. The van der Waals surface area contributed by atoms with Crippen LogP contribution in [-0.4, -0.2) is 21.4 Å². The van der Waals surface area contributed by atoms with Gasteiger partial charge in [-0.2, -0.15) is 0 Å². The number of aromatic amines is 1. The Morgan fingerprint density at radius 2 is 2.10 bits per heavy atom. The lowest BCUT2D eigenvalue weighted by molar-refractivity contribution is 0.0895. The van der Waals surface area contributed by atoms with Crippen molar-refractivity contribution < 1.29 is 4.79 Å². The van der Waals surface area contributed by atoms with Gasteiger partial charge >= 0.3 is 0 Å². The molecule has 1 aliphatic carbocycles. The van der Waals surface area contributed by atoms with Gasteiger partial charge in [0, 0.05) is 6.07 Å². The standard InChI is InChI=1S/C14H19N3O2S/c1-9-5-7-14(8-6-9,13(15)20)17-12(19)10-3-2-4-11(18)16-10/h2-4,9H,5-8H2,1H3,(H2,15,20)(H,16,18)(H,17,19). The Bertz CT molecular complexity index is 574. The zero-order valence-corrected chi connectivity index (χ0v) is 12.3. The molecule has 0 atom stereocenters. The molecule has 1 aliphatic rings. The van der Waals surface area contributed by atoms with Crippen molar-refractivity contribution >= 4 is 23.1 Å². The molecule has 1 aromatic rings. The van der Waals surface area contributed by atoms with Crippen LogP contribution in [0.15, 0.2) is 23.0 Å². The number of nitrogens with one attached hydrogen (secondary N) is 2. The van der Waals surface area contributed by atoms with Crippen LogP contribution < -0.4 is 16.6 Å². The third-order valence-corrected chi connectivity index (χ3v) is 4.36. The number of hydrogen-bond acceptors (Lipinski definition) is 3. The highest BCUT2D eigenvalue weighted by molar-refractivity contribution is 7.80. The van der Waals surface area contributed by atoms with Crippen molar-refractivity contribution in [2.24, 2.45) is 11.7 Å². The summed E-state index contributed by atoms with van der Waals surface area (Å²) in [4.78, 5) is 26.3. The van der Waals surface area contributed by atoms with E-state index in [0.29, 0.717) is 10.9 Å². The van der Waals surface area contributed by atoms with Crippen molar-refractivity contribution in [3.05, 3.63) is 34.2 Å². The van der Waals surface area contributed by atoms with E-state index in [1.165, 1.54) is 6.07 Å². The maximum Gasteiger partial charge on any atom is 0.268 e. The summed E-state index contributed by atoms with van der Waals surface area (Å²) in [5.74, 6) is 0.274. The third kappa shape index (κ3) is 3.07. The average Bonchev–Trinajstić information content (AvgIpc) is 2.41. The minimum atomic E-state index is -0.633. The fourth-order valence-electron chi connectivity index (χ4n) is 2.55. The molecule has 0 aromatic carbocycles. The number of nitrogens with two attached hydrogens (primary N) is 1. The van der Waals surface area contributed by atoms with Crippen LogP contribution in [0, 0.1) is 5.92 Å². The van der Waals surface area contributed by atoms with Crippen molar-refractivity contribution in [1.29, 1.82) is 0 Å². The van der Waals surface area contributed by atoms with Crippen LogP contribution in [0.3, 0.4) is 0 Å². The molecule has 0 saturated heterocycles. The first-order valence-corrected chi connectivity index (χ1v) is 7.15. The van der Waals surface area contributed by atoms with Crippen LogP contribution in [-0.2, 0) is 0 Å². The number of aromatic nitrogens is 1. The Kier molecular flexibility index (Phi) is 4.23. The van der Waals surface area contributed by atoms with Crippen molar-refractivity contribution in [2.45, 2.75) is 38.1 Å². The highest BCUT2D eigenvalue weighted by atomic mass is 32.1. The van der Waals surface area contributed by atoms with Crippen LogP contribution in [0.5, 0.6) is 0 Å². The van der Waals surface area contributed by atoms with Gasteiger partial charge in [-0.25, -0.2) is 0 Å². The third-order valence-electron chi connectivity index (χ3n) is 3.97. The lowest BCUT2D eigenvalue weighted by atomic mass is 9.77. The van der Waals surface area contributed by atoms with Gasteiger partial charge in [0.25, 0.3) is 5.91 Å². The van der Waals surface area contributed by atoms with E-state index in [2.05, 4.69) is 17.2 Å². The van der Waals surface area contributed by atoms with E-state index >= 15 is 0 Å². The van der Waals surface area contributed by atoms with Gasteiger partial charge < -0.3 is 16.0 Å². The molecule has 1 aromatic heterocycles. The fourth-order valence-corrected chi connectivity index (χ4v) is 2.81. The quantitative estimate of drug-likeness (QED) is 0.734. The second kappa shape index (κ2) is 5.75. The molecule has 5 nitrogen and oxygen atoms in total. The molecule has 1 amide bonds. The summed E-state index contributed by atoms with van der Waals surface area (Å²) < 4.78 is 0. The summed E-state index contributed by atoms with van der Waals surface area (Å²) in [5.41, 5.74) is 5.14. The summed E-state index contributed by atoms with van der Waals surface area (Å²) in [6.07, 6.45) is 3.43. The lowest BCUT2D eigenvalue weighted by Crippen LogP contribution is -2.58. The predicted octanol–water partition coefficient (Wildman–Crippen LogP) is 1.34. The van der Waals surface area contributed by atoms with Crippen LogP contribution >= 0.6 is 12.2 Å². The number of H-pyrrole nitrogens is 1. The molecule has 0 spiro atoms. The second-order valence-corrected chi connectivity index (χ2v) is 5.95. The molecule has 1 saturated carbocycles. The first kappa shape index (κ1) is 14.7. The zero-order valence-electron chi connectivity index (χ0n) is 11.4. The van der Waals surface area contributed by atoms with E-state index in [9.17, 15) is 9.59 Å². The maximum absolute atomic E-state index is 12.3. The molecule has 20 heavy (non-hydrogen) atoms. The molecule has 1 fully saturated rings. The molecule has 6 heteroatoms. The van der Waals surface area contributed by atoms with Crippen LogP contribution in [0.25, 0.3) is 0 Å². The van der Waals surface area contributed by atoms with Crippen molar-refractivity contribution in [1.82, 2.24) is 10.3 Å². The normalized spacial score (nSPS) is 25.9. The maximum atomic E-state index is 12.3. The largest absolute Gasteiger partial charge is 0.391 e. The summed E-state index contributed by atoms with van der Waals surface area (Å²) in [5, 5.41) is 2.92. The van der Waals surface area contributed by atoms with E-state index < -0.39 is 5.54 Å². The van der Waals surface area contributed by atoms with Crippen molar-refractivity contribution in [2.75, 3.05) is 0 Å². The summed E-state index contributed by atoms with van der Waals surface area (Å²) in [6.45, 7) is 2.18. The highest BCUT2D eigenvalue weighted by Gasteiger charge is 2.38. The Balaban J connectivity index is 2.19. The molecule has 1 heterocycles. The molecule has 0 aliphatic heterocycles.